The Morgan fingerprint density at radius 2 is 2.31 bits per heavy atom. The largest absolute Gasteiger partial charge is 0.314 e. The minimum Gasteiger partial charge on any atom is -0.314 e. The molecule has 5 heteroatoms. The molecule has 2 N–H and O–H groups in total. The maximum Gasteiger partial charge on any atom is 0.269 e. The van der Waals surface area contributed by atoms with E-state index in [0.717, 1.165) is 31.6 Å². The topological polar surface area (TPSA) is 67.2 Å². The molecule has 0 radical (unpaired) electrons. The van der Waals surface area contributed by atoms with E-state index >= 15 is 0 Å². The van der Waals surface area contributed by atoms with E-state index in [1.165, 1.54) is 6.07 Å². The van der Waals surface area contributed by atoms with Crippen molar-refractivity contribution in [2.75, 3.05) is 19.6 Å². The zero-order valence-corrected chi connectivity index (χ0v) is 8.98. The van der Waals surface area contributed by atoms with Gasteiger partial charge in [0.15, 0.2) is 0 Å². The first-order valence-corrected chi connectivity index (χ1v) is 5.43. The first kappa shape index (κ1) is 11.0. The van der Waals surface area contributed by atoms with E-state index in [0.29, 0.717) is 6.04 Å². The van der Waals surface area contributed by atoms with Crippen LogP contribution in [0, 0.1) is 10.1 Å². The quantitative estimate of drug-likeness (QED) is 0.582. The summed E-state index contributed by atoms with van der Waals surface area (Å²) in [5.41, 5.74) is 1.18. The standard InChI is InChI=1S/C11H15N3O2/c15-14(16)11-3-1-2-9(7-11)6-10-8-12-4-5-13-10/h1-3,7,10,12-13H,4-6,8H2/t10-/m0/s1. The molecule has 1 aromatic carbocycles. The second kappa shape index (κ2) is 5.05. The maximum absolute atomic E-state index is 10.6. The molecule has 86 valence electrons. The highest BCUT2D eigenvalue weighted by molar-refractivity contribution is 5.34. The third-order valence-electron chi connectivity index (χ3n) is 2.73. The van der Waals surface area contributed by atoms with Gasteiger partial charge in [-0.3, -0.25) is 10.1 Å². The van der Waals surface area contributed by atoms with Crippen molar-refractivity contribution in [2.45, 2.75) is 12.5 Å². The highest BCUT2D eigenvalue weighted by Gasteiger charge is 2.14. The fraction of sp³-hybridized carbons (Fsp3) is 0.455. The van der Waals surface area contributed by atoms with Gasteiger partial charge in [-0.15, -0.1) is 0 Å². The zero-order valence-electron chi connectivity index (χ0n) is 8.98. The van der Waals surface area contributed by atoms with Crippen LogP contribution < -0.4 is 10.6 Å². The van der Waals surface area contributed by atoms with E-state index in [1.54, 1.807) is 12.1 Å². The van der Waals surface area contributed by atoms with E-state index < -0.39 is 0 Å². The predicted octanol–water partition coefficient (Wildman–Crippen LogP) is 0.699. The molecule has 1 aliphatic heterocycles. The summed E-state index contributed by atoms with van der Waals surface area (Å²) in [5, 5.41) is 17.3. The first-order valence-electron chi connectivity index (χ1n) is 5.43. The third-order valence-corrected chi connectivity index (χ3v) is 2.73. The fourth-order valence-electron chi connectivity index (χ4n) is 1.94. The van der Waals surface area contributed by atoms with Gasteiger partial charge in [0.05, 0.1) is 4.92 Å². The summed E-state index contributed by atoms with van der Waals surface area (Å²) < 4.78 is 0. The number of rotatable bonds is 3. The van der Waals surface area contributed by atoms with E-state index in [9.17, 15) is 10.1 Å². The van der Waals surface area contributed by atoms with E-state index in [2.05, 4.69) is 10.6 Å². The lowest BCUT2D eigenvalue weighted by atomic mass is 10.0. The molecule has 1 aromatic rings. The first-order chi connectivity index (χ1) is 7.75. The van der Waals surface area contributed by atoms with E-state index in [1.807, 2.05) is 6.07 Å². The Labute approximate surface area is 94.0 Å². The second-order valence-electron chi connectivity index (χ2n) is 3.99. The Hall–Kier alpha value is -1.46. The maximum atomic E-state index is 10.6. The number of nitrogens with one attached hydrogen (secondary N) is 2. The number of benzene rings is 1. The zero-order chi connectivity index (χ0) is 11.4. The van der Waals surface area contributed by atoms with Gasteiger partial charge in [-0.1, -0.05) is 12.1 Å². The highest BCUT2D eigenvalue weighted by atomic mass is 16.6. The van der Waals surface area contributed by atoms with Gasteiger partial charge in [-0.25, -0.2) is 0 Å². The van der Waals surface area contributed by atoms with Crippen LogP contribution in [0.1, 0.15) is 5.56 Å². The number of nitro groups is 1. The Morgan fingerprint density at radius 1 is 1.44 bits per heavy atom. The van der Waals surface area contributed by atoms with Gasteiger partial charge in [0.2, 0.25) is 0 Å². The van der Waals surface area contributed by atoms with Gasteiger partial charge in [-0.2, -0.15) is 0 Å². The Bertz CT molecular complexity index is 375. The van der Waals surface area contributed by atoms with Crippen LogP contribution in [0.2, 0.25) is 0 Å². The van der Waals surface area contributed by atoms with Gasteiger partial charge in [0.25, 0.3) is 5.69 Å². The highest BCUT2D eigenvalue weighted by Crippen LogP contribution is 2.14. The molecule has 1 aliphatic rings. The molecule has 5 nitrogen and oxygen atoms in total. The number of hydrogen-bond donors (Lipinski definition) is 2. The normalized spacial score (nSPS) is 20.6. The van der Waals surface area contributed by atoms with Crippen LogP contribution in [0.3, 0.4) is 0 Å². The number of non-ortho nitro benzene ring substituents is 1. The lowest BCUT2D eigenvalue weighted by Gasteiger charge is -2.24. The van der Waals surface area contributed by atoms with Crippen molar-refractivity contribution in [3.63, 3.8) is 0 Å². The van der Waals surface area contributed by atoms with Crippen LogP contribution in [0.25, 0.3) is 0 Å². The molecule has 0 spiro atoms. The molecule has 16 heavy (non-hydrogen) atoms. The molecule has 2 rings (SSSR count). The lowest BCUT2D eigenvalue weighted by Crippen LogP contribution is -2.49. The van der Waals surface area contributed by atoms with E-state index in [-0.39, 0.29) is 10.6 Å². The monoisotopic (exact) mass is 221 g/mol. The van der Waals surface area contributed by atoms with Crippen LogP contribution in [0.4, 0.5) is 5.69 Å². The molecule has 0 unspecified atom stereocenters. The van der Waals surface area contributed by atoms with Gasteiger partial charge in [-0.05, 0) is 12.0 Å². The number of nitro benzene ring substituents is 1. The molecule has 0 aromatic heterocycles. The van der Waals surface area contributed by atoms with Crippen molar-refractivity contribution in [3.05, 3.63) is 39.9 Å². The lowest BCUT2D eigenvalue weighted by molar-refractivity contribution is -0.384. The van der Waals surface area contributed by atoms with Gasteiger partial charge < -0.3 is 10.6 Å². The van der Waals surface area contributed by atoms with Crippen molar-refractivity contribution in [1.82, 2.24) is 10.6 Å². The Balaban J connectivity index is 2.02. The van der Waals surface area contributed by atoms with Crippen LogP contribution in [-0.2, 0) is 6.42 Å². The predicted molar refractivity (Wildman–Crippen MR) is 61.5 cm³/mol. The van der Waals surface area contributed by atoms with Gasteiger partial charge >= 0.3 is 0 Å². The minimum atomic E-state index is -0.351. The second-order valence-corrected chi connectivity index (χ2v) is 3.99. The van der Waals surface area contributed by atoms with Crippen LogP contribution in [0.15, 0.2) is 24.3 Å². The van der Waals surface area contributed by atoms with Gasteiger partial charge in [0.1, 0.15) is 0 Å². The molecule has 0 aliphatic carbocycles. The smallest absolute Gasteiger partial charge is 0.269 e. The number of nitrogens with zero attached hydrogens (tertiary/aromatic N) is 1. The van der Waals surface area contributed by atoms with Crippen molar-refractivity contribution in [2.24, 2.45) is 0 Å². The number of piperazine rings is 1. The number of hydrogen-bond acceptors (Lipinski definition) is 4. The third kappa shape index (κ3) is 2.77. The van der Waals surface area contributed by atoms with Crippen LogP contribution >= 0.6 is 0 Å². The SMILES string of the molecule is O=[N+]([O-])c1cccc(C[C@H]2CNCCN2)c1. The van der Waals surface area contributed by atoms with Gasteiger partial charge in [0, 0.05) is 37.8 Å². The van der Waals surface area contributed by atoms with Crippen molar-refractivity contribution < 1.29 is 4.92 Å². The molecule has 0 amide bonds. The summed E-state index contributed by atoms with van der Waals surface area (Å²) in [4.78, 5) is 10.3. The van der Waals surface area contributed by atoms with E-state index in [4.69, 9.17) is 0 Å². The molecule has 0 saturated carbocycles. The molecule has 1 fully saturated rings. The summed E-state index contributed by atoms with van der Waals surface area (Å²) in [6, 6.07) is 7.22. The van der Waals surface area contributed by atoms with Crippen molar-refractivity contribution >= 4 is 5.69 Å². The summed E-state index contributed by atoms with van der Waals surface area (Å²) >= 11 is 0. The fourth-order valence-corrected chi connectivity index (χ4v) is 1.94. The molecular formula is C11H15N3O2. The van der Waals surface area contributed by atoms with Crippen LogP contribution in [-0.4, -0.2) is 30.6 Å². The molecule has 1 saturated heterocycles. The summed E-state index contributed by atoms with van der Waals surface area (Å²) in [7, 11) is 0. The van der Waals surface area contributed by atoms with Crippen molar-refractivity contribution in [1.29, 1.82) is 0 Å². The Kier molecular flexibility index (Phi) is 3.48. The molecule has 1 atom stereocenters. The molecular weight excluding hydrogens is 206 g/mol. The average Bonchev–Trinajstić information content (AvgIpc) is 2.30. The summed E-state index contributed by atoms with van der Waals surface area (Å²) in [5.74, 6) is 0. The molecule has 0 bridgehead atoms. The Morgan fingerprint density at radius 3 is 3.00 bits per heavy atom. The minimum absolute atomic E-state index is 0.168. The average molecular weight is 221 g/mol. The van der Waals surface area contributed by atoms with Crippen molar-refractivity contribution in [3.8, 4) is 0 Å². The molecule has 1 heterocycles. The summed E-state index contributed by atoms with van der Waals surface area (Å²) in [6.45, 7) is 2.87. The van der Waals surface area contributed by atoms with Crippen LogP contribution in [0.5, 0.6) is 0 Å². The summed E-state index contributed by atoms with van der Waals surface area (Å²) in [6.07, 6.45) is 0.828.